The molecule has 0 unspecified atom stereocenters. The van der Waals surface area contributed by atoms with Crippen molar-refractivity contribution in [1.29, 1.82) is 0 Å². The first-order valence-corrected chi connectivity index (χ1v) is 11.3. The van der Waals surface area contributed by atoms with Crippen molar-refractivity contribution >= 4 is 22.8 Å². The Labute approximate surface area is 189 Å². The first-order chi connectivity index (χ1) is 15.3. The second kappa shape index (κ2) is 9.07. The molecule has 1 aliphatic rings. The van der Waals surface area contributed by atoms with E-state index >= 15 is 0 Å². The average Bonchev–Trinajstić information content (AvgIpc) is 2.79. The Kier molecular flexibility index (Phi) is 6.21. The van der Waals surface area contributed by atoms with Crippen LogP contribution in [0.15, 0.2) is 42.5 Å². The van der Waals surface area contributed by atoms with Crippen LogP contribution < -0.4 is 5.32 Å². The van der Waals surface area contributed by atoms with Crippen molar-refractivity contribution < 1.29 is 9.59 Å². The topological polar surface area (TPSA) is 75.2 Å². The number of benzene rings is 2. The Bertz CT molecular complexity index is 1150. The highest BCUT2D eigenvalue weighted by molar-refractivity contribution is 5.97. The number of hydrogen-bond acceptors (Lipinski definition) is 4. The highest BCUT2D eigenvalue weighted by Crippen LogP contribution is 2.19. The minimum Gasteiger partial charge on any atom is -0.349 e. The molecule has 0 radical (unpaired) electrons. The summed E-state index contributed by atoms with van der Waals surface area (Å²) in [6.45, 7) is 9.37. The molecule has 1 N–H and O–H groups in total. The highest BCUT2D eigenvalue weighted by atomic mass is 16.2. The van der Waals surface area contributed by atoms with Crippen LogP contribution in [-0.4, -0.2) is 45.8 Å². The molecule has 6 heteroatoms. The maximum absolute atomic E-state index is 13.0. The third-order valence-electron chi connectivity index (χ3n) is 6.28. The van der Waals surface area contributed by atoms with E-state index in [2.05, 4.69) is 29.1 Å². The second-order valence-electron chi connectivity index (χ2n) is 8.91. The molecule has 1 aromatic heterocycles. The maximum atomic E-state index is 13.0. The van der Waals surface area contributed by atoms with E-state index in [1.54, 1.807) is 0 Å². The van der Waals surface area contributed by atoms with Crippen LogP contribution in [0.5, 0.6) is 0 Å². The van der Waals surface area contributed by atoms with E-state index in [9.17, 15) is 9.59 Å². The van der Waals surface area contributed by atoms with Crippen molar-refractivity contribution in [2.24, 2.45) is 0 Å². The number of aryl methyl sites for hydroxylation is 2. The molecule has 2 aromatic carbocycles. The van der Waals surface area contributed by atoms with Gasteiger partial charge in [-0.15, -0.1) is 0 Å². The van der Waals surface area contributed by atoms with Crippen LogP contribution in [0.2, 0.25) is 0 Å². The lowest BCUT2D eigenvalue weighted by atomic mass is 10.0. The van der Waals surface area contributed by atoms with Crippen molar-refractivity contribution in [2.45, 2.75) is 52.5 Å². The number of hydrogen-bond donors (Lipinski definition) is 1. The number of likely N-dealkylation sites (tertiary alicyclic amines) is 1. The predicted octanol–water partition coefficient (Wildman–Crippen LogP) is 4.40. The molecule has 1 aliphatic heterocycles. The van der Waals surface area contributed by atoms with E-state index < -0.39 is 0 Å². The molecule has 0 atom stereocenters. The molecule has 0 saturated carbocycles. The quantitative estimate of drug-likeness (QED) is 0.665. The van der Waals surface area contributed by atoms with E-state index in [1.807, 2.05) is 61.2 Å². The summed E-state index contributed by atoms with van der Waals surface area (Å²) in [6.07, 6.45) is 1.49. The van der Waals surface area contributed by atoms with Gasteiger partial charge in [-0.1, -0.05) is 26.0 Å². The fourth-order valence-corrected chi connectivity index (χ4v) is 4.06. The van der Waals surface area contributed by atoms with E-state index in [0.29, 0.717) is 30.1 Å². The molecular formula is C26H30N4O2. The Morgan fingerprint density at radius 1 is 0.906 bits per heavy atom. The van der Waals surface area contributed by atoms with Crippen LogP contribution in [0.25, 0.3) is 11.0 Å². The minimum atomic E-state index is -0.0520. The van der Waals surface area contributed by atoms with Gasteiger partial charge in [0.1, 0.15) is 0 Å². The van der Waals surface area contributed by atoms with Gasteiger partial charge in [-0.25, -0.2) is 9.97 Å². The molecule has 1 saturated heterocycles. The summed E-state index contributed by atoms with van der Waals surface area (Å²) in [5, 5.41) is 3.12. The van der Waals surface area contributed by atoms with Crippen LogP contribution in [0.1, 0.15) is 70.3 Å². The molecule has 2 amide bonds. The fourth-order valence-electron chi connectivity index (χ4n) is 4.06. The van der Waals surface area contributed by atoms with Gasteiger partial charge in [0, 0.05) is 30.3 Å². The van der Waals surface area contributed by atoms with Gasteiger partial charge < -0.3 is 10.2 Å². The zero-order chi connectivity index (χ0) is 22.8. The Morgan fingerprint density at radius 3 is 2.12 bits per heavy atom. The zero-order valence-electron chi connectivity index (χ0n) is 19.2. The molecule has 32 heavy (non-hydrogen) atoms. The van der Waals surface area contributed by atoms with E-state index in [1.165, 1.54) is 5.56 Å². The maximum Gasteiger partial charge on any atom is 0.253 e. The van der Waals surface area contributed by atoms with Gasteiger partial charge in [0.05, 0.1) is 22.4 Å². The molecule has 2 heterocycles. The number of rotatable bonds is 4. The zero-order valence-corrected chi connectivity index (χ0v) is 19.2. The molecular weight excluding hydrogens is 400 g/mol. The summed E-state index contributed by atoms with van der Waals surface area (Å²) in [7, 11) is 0. The number of carbonyl (C=O) groups is 2. The van der Waals surface area contributed by atoms with Crippen molar-refractivity contribution in [3.05, 3.63) is 70.5 Å². The van der Waals surface area contributed by atoms with Crippen LogP contribution >= 0.6 is 0 Å². The largest absolute Gasteiger partial charge is 0.349 e. The molecule has 0 aliphatic carbocycles. The lowest BCUT2D eigenvalue weighted by Gasteiger charge is -2.32. The lowest BCUT2D eigenvalue weighted by Crippen LogP contribution is -2.46. The summed E-state index contributed by atoms with van der Waals surface area (Å²) >= 11 is 0. The van der Waals surface area contributed by atoms with Gasteiger partial charge in [-0.05, 0) is 68.5 Å². The third kappa shape index (κ3) is 4.64. The number of carbonyl (C=O) groups excluding carboxylic acids is 2. The minimum absolute atomic E-state index is 0.000906. The first kappa shape index (κ1) is 21.9. The molecule has 166 valence electrons. The number of fused-ring (bicyclic) bond motifs is 1. The second-order valence-corrected chi connectivity index (χ2v) is 8.91. The Hall–Kier alpha value is -3.28. The summed E-state index contributed by atoms with van der Waals surface area (Å²) < 4.78 is 0. The van der Waals surface area contributed by atoms with Crippen LogP contribution in [0.3, 0.4) is 0 Å². The van der Waals surface area contributed by atoms with Crippen molar-refractivity contribution in [3.8, 4) is 0 Å². The van der Waals surface area contributed by atoms with E-state index in [4.69, 9.17) is 0 Å². The van der Waals surface area contributed by atoms with Gasteiger partial charge >= 0.3 is 0 Å². The summed E-state index contributed by atoms with van der Waals surface area (Å²) in [5.74, 6) is 0.390. The van der Waals surface area contributed by atoms with Gasteiger partial charge in [0.25, 0.3) is 11.8 Å². The van der Waals surface area contributed by atoms with Gasteiger partial charge in [-0.2, -0.15) is 0 Å². The average molecular weight is 431 g/mol. The number of nitrogens with one attached hydrogen (secondary N) is 1. The molecule has 1 fully saturated rings. The van der Waals surface area contributed by atoms with Crippen molar-refractivity contribution in [1.82, 2.24) is 20.2 Å². The van der Waals surface area contributed by atoms with Gasteiger partial charge in [0.15, 0.2) is 0 Å². The molecule has 0 bridgehead atoms. The Balaban J connectivity index is 1.36. The monoisotopic (exact) mass is 430 g/mol. The van der Waals surface area contributed by atoms with Crippen molar-refractivity contribution in [2.75, 3.05) is 13.1 Å². The SMILES string of the molecule is Cc1nc2ccc(C(=O)N3CCC(NC(=O)c4ccc(C(C)C)cc4)CC3)cc2nc1C. The first-order valence-electron chi connectivity index (χ1n) is 11.3. The van der Waals surface area contributed by atoms with Crippen LogP contribution in [-0.2, 0) is 0 Å². The summed E-state index contributed by atoms with van der Waals surface area (Å²) in [5.41, 5.74) is 5.84. The van der Waals surface area contributed by atoms with Crippen molar-refractivity contribution in [3.63, 3.8) is 0 Å². The van der Waals surface area contributed by atoms with Crippen LogP contribution in [0, 0.1) is 13.8 Å². The van der Waals surface area contributed by atoms with Crippen LogP contribution in [0.4, 0.5) is 0 Å². The Morgan fingerprint density at radius 2 is 1.50 bits per heavy atom. The fraction of sp³-hybridized carbons (Fsp3) is 0.385. The van der Waals surface area contributed by atoms with Gasteiger partial charge in [0.2, 0.25) is 0 Å². The predicted molar refractivity (Wildman–Crippen MR) is 126 cm³/mol. The van der Waals surface area contributed by atoms with E-state index in [0.717, 1.165) is 35.3 Å². The number of aromatic nitrogens is 2. The normalized spacial score (nSPS) is 14.7. The summed E-state index contributed by atoms with van der Waals surface area (Å²) in [4.78, 5) is 36.6. The van der Waals surface area contributed by atoms with Gasteiger partial charge in [-0.3, -0.25) is 9.59 Å². The number of amides is 2. The lowest BCUT2D eigenvalue weighted by molar-refractivity contribution is 0.0698. The molecule has 4 rings (SSSR count). The third-order valence-corrected chi connectivity index (χ3v) is 6.28. The molecule has 0 spiro atoms. The smallest absolute Gasteiger partial charge is 0.253 e. The van der Waals surface area contributed by atoms with E-state index in [-0.39, 0.29) is 17.9 Å². The number of nitrogens with zero attached hydrogens (tertiary/aromatic N) is 3. The standard InChI is InChI=1S/C26H30N4O2/c1-16(2)19-5-7-20(8-6-19)25(31)29-22-11-13-30(14-12-22)26(32)21-9-10-23-24(15-21)28-18(4)17(3)27-23/h5-10,15-16,22H,11-14H2,1-4H3,(H,29,31). The molecule has 6 nitrogen and oxygen atoms in total. The highest BCUT2D eigenvalue weighted by Gasteiger charge is 2.25. The number of piperidine rings is 1. The molecule has 3 aromatic rings. The summed E-state index contributed by atoms with van der Waals surface area (Å²) in [6, 6.07) is 13.4.